The Hall–Kier alpha value is -1.40. The van der Waals surface area contributed by atoms with Crippen molar-refractivity contribution in [1.82, 2.24) is 5.32 Å². The van der Waals surface area contributed by atoms with Gasteiger partial charge in [-0.2, -0.15) is 11.8 Å². The van der Waals surface area contributed by atoms with Crippen LogP contribution in [0.4, 0.5) is 10.5 Å². The molecule has 104 valence electrons. The van der Waals surface area contributed by atoms with Crippen LogP contribution in [0.5, 0.6) is 0 Å². The first-order valence-corrected chi connectivity index (χ1v) is 7.30. The number of thioether (sulfide) groups is 1. The third kappa shape index (κ3) is 5.00. The number of benzene rings is 1. The fourth-order valence-electron chi connectivity index (χ4n) is 1.43. The van der Waals surface area contributed by atoms with E-state index in [9.17, 15) is 9.59 Å². The Morgan fingerprint density at radius 1 is 1.47 bits per heavy atom. The van der Waals surface area contributed by atoms with E-state index >= 15 is 0 Å². The molecule has 0 spiro atoms. The van der Waals surface area contributed by atoms with Gasteiger partial charge in [0, 0.05) is 11.8 Å². The Balaban J connectivity index is 2.73. The molecular weight excluding hydrogens is 288 g/mol. The fraction of sp³-hybridized carbons (Fsp3) is 0.333. The number of rotatable bonds is 5. The van der Waals surface area contributed by atoms with E-state index in [1.54, 1.807) is 11.8 Å². The van der Waals surface area contributed by atoms with Crippen LogP contribution in [0.25, 0.3) is 0 Å². The zero-order valence-corrected chi connectivity index (χ0v) is 12.1. The molecule has 1 aromatic rings. The number of carboxylic acid groups (broad SMARTS) is 1. The molecule has 0 bridgehead atoms. The largest absolute Gasteiger partial charge is 0.478 e. The fourth-order valence-corrected chi connectivity index (χ4v) is 2.18. The summed E-state index contributed by atoms with van der Waals surface area (Å²) in [6, 6.07) is 3.74. The summed E-state index contributed by atoms with van der Waals surface area (Å²) in [6.45, 7) is 1.88. The Kier molecular flexibility index (Phi) is 5.98. The molecule has 1 unspecified atom stereocenters. The van der Waals surface area contributed by atoms with E-state index in [4.69, 9.17) is 16.7 Å². The van der Waals surface area contributed by atoms with Gasteiger partial charge in [0.15, 0.2) is 0 Å². The number of aromatic carboxylic acids is 1. The van der Waals surface area contributed by atoms with Crippen molar-refractivity contribution in [2.45, 2.75) is 13.0 Å². The minimum atomic E-state index is -1.07. The van der Waals surface area contributed by atoms with Gasteiger partial charge < -0.3 is 15.7 Å². The molecule has 0 radical (unpaired) electrons. The standard InChI is InChI=1S/C12H15ClN2O3S/c1-7(6-19-2)14-12(18)15-10-5-8(11(16)17)3-4-9(10)13/h3-5,7H,6H2,1-2H3,(H,16,17)(H2,14,15,18). The zero-order valence-electron chi connectivity index (χ0n) is 10.6. The van der Waals surface area contributed by atoms with E-state index in [1.807, 2.05) is 13.2 Å². The quantitative estimate of drug-likeness (QED) is 0.781. The minimum Gasteiger partial charge on any atom is -0.478 e. The number of anilines is 1. The predicted molar refractivity (Wildman–Crippen MR) is 78.4 cm³/mol. The van der Waals surface area contributed by atoms with Crippen LogP contribution in [0.3, 0.4) is 0 Å². The second kappa shape index (κ2) is 7.25. The molecule has 3 N–H and O–H groups in total. The molecule has 2 amide bonds. The van der Waals surface area contributed by atoms with E-state index in [1.165, 1.54) is 18.2 Å². The Bertz CT molecular complexity index is 482. The average Bonchev–Trinajstić information content (AvgIpc) is 2.31. The number of urea groups is 1. The number of hydrogen-bond donors (Lipinski definition) is 3. The molecule has 0 saturated heterocycles. The van der Waals surface area contributed by atoms with Gasteiger partial charge in [0.1, 0.15) is 0 Å². The van der Waals surface area contributed by atoms with E-state index in [0.717, 1.165) is 5.75 Å². The van der Waals surface area contributed by atoms with Gasteiger partial charge in [-0.25, -0.2) is 9.59 Å². The van der Waals surface area contributed by atoms with Gasteiger partial charge in [-0.05, 0) is 31.4 Å². The smallest absolute Gasteiger partial charge is 0.335 e. The van der Waals surface area contributed by atoms with Gasteiger partial charge in [-0.1, -0.05) is 11.6 Å². The van der Waals surface area contributed by atoms with Crippen molar-refractivity contribution in [3.8, 4) is 0 Å². The summed E-state index contributed by atoms with van der Waals surface area (Å²) < 4.78 is 0. The second-order valence-corrected chi connectivity index (χ2v) is 5.27. The first-order valence-electron chi connectivity index (χ1n) is 5.53. The van der Waals surface area contributed by atoms with Gasteiger partial charge >= 0.3 is 12.0 Å². The van der Waals surface area contributed by atoms with Crippen molar-refractivity contribution in [3.05, 3.63) is 28.8 Å². The van der Waals surface area contributed by atoms with Crippen LogP contribution in [0.1, 0.15) is 17.3 Å². The van der Waals surface area contributed by atoms with Gasteiger partial charge in [-0.15, -0.1) is 0 Å². The molecule has 0 saturated carbocycles. The SMILES string of the molecule is CSCC(C)NC(=O)Nc1cc(C(=O)O)ccc1Cl. The summed E-state index contributed by atoms with van der Waals surface area (Å²) in [7, 11) is 0. The maximum Gasteiger partial charge on any atom is 0.335 e. The highest BCUT2D eigenvalue weighted by atomic mass is 35.5. The highest BCUT2D eigenvalue weighted by Crippen LogP contribution is 2.23. The zero-order chi connectivity index (χ0) is 14.4. The predicted octanol–water partition coefficient (Wildman–Crippen LogP) is 2.91. The summed E-state index contributed by atoms with van der Waals surface area (Å²) >= 11 is 7.52. The van der Waals surface area contributed by atoms with Gasteiger partial charge in [0.2, 0.25) is 0 Å². The van der Waals surface area contributed by atoms with Gasteiger partial charge in [-0.3, -0.25) is 0 Å². The number of carbonyl (C=O) groups excluding carboxylic acids is 1. The van der Waals surface area contributed by atoms with Crippen molar-refractivity contribution in [2.24, 2.45) is 0 Å². The summed E-state index contributed by atoms with van der Waals surface area (Å²) in [4.78, 5) is 22.5. The van der Waals surface area contributed by atoms with E-state index < -0.39 is 12.0 Å². The van der Waals surface area contributed by atoms with Crippen LogP contribution in [-0.4, -0.2) is 35.2 Å². The Morgan fingerprint density at radius 2 is 2.16 bits per heavy atom. The van der Waals surface area contributed by atoms with Crippen LogP contribution >= 0.6 is 23.4 Å². The average molecular weight is 303 g/mol. The number of halogens is 1. The molecule has 19 heavy (non-hydrogen) atoms. The van der Waals surface area contributed by atoms with Crippen LogP contribution in [0, 0.1) is 0 Å². The molecule has 1 rings (SSSR count). The molecule has 0 aliphatic heterocycles. The second-order valence-electron chi connectivity index (χ2n) is 3.95. The first-order chi connectivity index (χ1) is 8.93. The number of hydrogen-bond acceptors (Lipinski definition) is 3. The van der Waals surface area contributed by atoms with E-state index in [-0.39, 0.29) is 22.3 Å². The molecule has 0 heterocycles. The summed E-state index contributed by atoms with van der Waals surface area (Å²) in [5.74, 6) is -0.285. The third-order valence-corrected chi connectivity index (χ3v) is 3.42. The van der Waals surface area contributed by atoms with E-state index in [0.29, 0.717) is 0 Å². The van der Waals surface area contributed by atoms with Crippen LogP contribution in [0.2, 0.25) is 5.02 Å². The van der Waals surface area contributed by atoms with Crippen molar-refractivity contribution < 1.29 is 14.7 Å². The Morgan fingerprint density at radius 3 is 2.74 bits per heavy atom. The molecule has 1 aromatic carbocycles. The van der Waals surface area contributed by atoms with E-state index in [2.05, 4.69) is 10.6 Å². The molecular formula is C12H15ClN2O3S. The number of nitrogens with one attached hydrogen (secondary N) is 2. The monoisotopic (exact) mass is 302 g/mol. The highest BCUT2D eigenvalue weighted by molar-refractivity contribution is 7.98. The highest BCUT2D eigenvalue weighted by Gasteiger charge is 2.11. The lowest BCUT2D eigenvalue weighted by Gasteiger charge is -2.14. The first kappa shape index (κ1) is 15.7. The van der Waals surface area contributed by atoms with Crippen molar-refractivity contribution in [1.29, 1.82) is 0 Å². The summed E-state index contributed by atoms with van der Waals surface area (Å²) in [6.07, 6.45) is 1.95. The minimum absolute atomic E-state index is 0.0106. The van der Waals surface area contributed by atoms with Crippen LogP contribution in [0.15, 0.2) is 18.2 Å². The summed E-state index contributed by atoms with van der Waals surface area (Å²) in [5.41, 5.74) is 0.340. The molecule has 0 aromatic heterocycles. The van der Waals surface area contributed by atoms with Gasteiger partial charge in [0.25, 0.3) is 0 Å². The number of carboxylic acids is 1. The normalized spacial score (nSPS) is 11.7. The lowest BCUT2D eigenvalue weighted by molar-refractivity contribution is 0.0697. The molecule has 5 nitrogen and oxygen atoms in total. The third-order valence-electron chi connectivity index (χ3n) is 2.26. The van der Waals surface area contributed by atoms with Gasteiger partial charge in [0.05, 0.1) is 16.3 Å². The van der Waals surface area contributed by atoms with Crippen molar-refractivity contribution in [3.63, 3.8) is 0 Å². The molecule has 0 fully saturated rings. The number of carbonyl (C=O) groups is 2. The Labute approximate surface area is 120 Å². The summed E-state index contributed by atoms with van der Waals surface area (Å²) in [5, 5.41) is 14.4. The van der Waals surface area contributed by atoms with Crippen molar-refractivity contribution in [2.75, 3.05) is 17.3 Å². The lowest BCUT2D eigenvalue weighted by atomic mass is 10.2. The molecule has 0 aliphatic carbocycles. The topological polar surface area (TPSA) is 78.4 Å². The molecule has 7 heteroatoms. The van der Waals surface area contributed by atoms with Crippen LogP contribution < -0.4 is 10.6 Å². The van der Waals surface area contributed by atoms with Crippen molar-refractivity contribution >= 4 is 41.1 Å². The molecule has 1 atom stereocenters. The lowest BCUT2D eigenvalue weighted by Crippen LogP contribution is -2.37. The maximum absolute atomic E-state index is 11.7. The number of amides is 2. The van der Waals surface area contributed by atoms with Crippen LogP contribution in [-0.2, 0) is 0 Å². The molecule has 0 aliphatic rings. The maximum atomic E-state index is 11.7.